The molecule has 1 N–H and O–H groups in total. The summed E-state index contributed by atoms with van der Waals surface area (Å²) in [7, 11) is -3.92. The van der Waals surface area contributed by atoms with Crippen LogP contribution in [0.3, 0.4) is 0 Å². The van der Waals surface area contributed by atoms with Gasteiger partial charge in [0.25, 0.3) is 10.0 Å². The molecule has 7 nitrogen and oxygen atoms in total. The lowest BCUT2D eigenvalue weighted by Crippen LogP contribution is -2.29. The minimum atomic E-state index is -3.92. The van der Waals surface area contributed by atoms with Crippen molar-refractivity contribution in [1.82, 2.24) is 4.98 Å². The first-order chi connectivity index (χ1) is 14.0. The predicted octanol–water partition coefficient (Wildman–Crippen LogP) is 4.57. The Morgan fingerprint density at radius 2 is 1.83 bits per heavy atom. The largest absolute Gasteiger partial charge is 0.618 e. The summed E-state index contributed by atoms with van der Waals surface area (Å²) in [5.74, 6) is 0.223. The summed E-state index contributed by atoms with van der Waals surface area (Å²) in [5, 5.41) is 12.0. The number of nitrogens with zero attached hydrogens (tertiary/aromatic N) is 2. The number of hydrogen-bond acceptors (Lipinski definition) is 5. The summed E-state index contributed by atoms with van der Waals surface area (Å²) in [6.07, 6.45) is 2.67. The summed E-state index contributed by atoms with van der Waals surface area (Å²) in [6, 6.07) is 11.2. The predicted molar refractivity (Wildman–Crippen MR) is 115 cm³/mol. The molecule has 0 aliphatic heterocycles. The Morgan fingerprint density at radius 1 is 1.17 bits per heavy atom. The van der Waals surface area contributed by atoms with Gasteiger partial charge in [-0.3, -0.25) is 4.72 Å². The first-order valence-corrected chi connectivity index (χ1v) is 11.0. The lowest BCUT2D eigenvalue weighted by molar-refractivity contribution is -0.612. The van der Waals surface area contributed by atoms with Crippen molar-refractivity contribution < 1.29 is 17.9 Å². The maximum Gasteiger partial charge on any atom is 0.262 e. The van der Waals surface area contributed by atoms with Gasteiger partial charge in [0, 0.05) is 19.2 Å². The normalized spacial score (nSPS) is 11.9. The first-order valence-electron chi connectivity index (χ1n) is 9.13. The third-order valence-corrected chi connectivity index (χ3v) is 6.04. The molecule has 0 atom stereocenters. The highest BCUT2D eigenvalue weighted by Crippen LogP contribution is 2.32. The summed E-state index contributed by atoms with van der Waals surface area (Å²) in [5.41, 5.74) is 1.28. The molecule has 2 aromatic heterocycles. The maximum atomic E-state index is 12.9. The number of hydrogen-bond donors (Lipinski definition) is 1. The van der Waals surface area contributed by atoms with Crippen LogP contribution in [0.15, 0.2) is 59.8 Å². The molecule has 0 saturated carbocycles. The van der Waals surface area contributed by atoms with E-state index in [0.29, 0.717) is 10.4 Å². The number of ether oxygens (including phenoxy) is 1. The highest BCUT2D eigenvalue weighted by Gasteiger charge is 2.21. The summed E-state index contributed by atoms with van der Waals surface area (Å²) in [4.78, 5) is 4.17. The van der Waals surface area contributed by atoms with Crippen molar-refractivity contribution in [2.45, 2.75) is 38.0 Å². The van der Waals surface area contributed by atoms with Crippen LogP contribution >= 0.6 is 11.6 Å². The second-order valence-electron chi connectivity index (χ2n) is 7.77. The number of sulfonamides is 1. The molecule has 0 aliphatic rings. The lowest BCUT2D eigenvalue weighted by atomic mass is 9.87. The van der Waals surface area contributed by atoms with E-state index in [1.165, 1.54) is 24.5 Å². The number of benzene rings is 1. The van der Waals surface area contributed by atoms with Crippen LogP contribution in [-0.4, -0.2) is 13.4 Å². The van der Waals surface area contributed by atoms with Gasteiger partial charge in [-0.15, -0.1) is 0 Å². The van der Waals surface area contributed by atoms with E-state index in [0.717, 1.165) is 5.56 Å². The molecule has 0 saturated heterocycles. The van der Waals surface area contributed by atoms with Crippen molar-refractivity contribution in [2.75, 3.05) is 4.72 Å². The standard InChI is InChI=1S/C21H22ClN3O4S/c1-14-19(6-5-11-25(14)26)29-20-18(12-16(22)13-23-20)24-30(27,28)17-9-7-15(8-10-17)21(2,3)4/h5-13,24H,1-4H3. The Hall–Kier alpha value is -2.84. The average molecular weight is 448 g/mol. The minimum Gasteiger partial charge on any atom is -0.618 e. The molecule has 0 unspecified atom stereocenters. The lowest BCUT2D eigenvalue weighted by Gasteiger charge is -2.19. The van der Waals surface area contributed by atoms with Crippen molar-refractivity contribution in [2.24, 2.45) is 0 Å². The third kappa shape index (κ3) is 4.83. The van der Waals surface area contributed by atoms with Crippen LogP contribution in [0.2, 0.25) is 5.02 Å². The molecule has 0 amide bonds. The molecule has 0 bridgehead atoms. The van der Waals surface area contributed by atoms with Crippen LogP contribution < -0.4 is 14.2 Å². The molecule has 0 radical (unpaired) electrons. The summed E-state index contributed by atoms with van der Waals surface area (Å²) in [6.45, 7) is 7.73. The minimum absolute atomic E-state index is 0.0245. The summed E-state index contributed by atoms with van der Waals surface area (Å²) < 4.78 is 34.6. The van der Waals surface area contributed by atoms with E-state index >= 15 is 0 Å². The SMILES string of the molecule is Cc1c(Oc2ncc(Cl)cc2NS(=O)(=O)c2ccc(C(C)(C)C)cc2)ccc[n+]1[O-]. The zero-order valence-corrected chi connectivity index (χ0v) is 18.6. The van der Waals surface area contributed by atoms with Crippen LogP contribution in [0, 0.1) is 12.1 Å². The second kappa shape index (κ2) is 8.12. The van der Waals surface area contributed by atoms with E-state index < -0.39 is 10.0 Å². The molecule has 0 spiro atoms. The number of pyridine rings is 2. The Labute approximate surface area is 180 Å². The zero-order valence-electron chi connectivity index (χ0n) is 17.0. The van der Waals surface area contributed by atoms with Crippen molar-refractivity contribution in [3.63, 3.8) is 0 Å². The monoisotopic (exact) mass is 447 g/mol. The van der Waals surface area contributed by atoms with E-state index in [1.54, 1.807) is 37.3 Å². The van der Waals surface area contributed by atoms with Crippen molar-refractivity contribution in [1.29, 1.82) is 0 Å². The van der Waals surface area contributed by atoms with Gasteiger partial charge in [0.15, 0.2) is 11.9 Å². The Bertz CT molecular complexity index is 1170. The topological polar surface area (TPSA) is 95.2 Å². The molecule has 0 aliphatic carbocycles. The van der Waals surface area contributed by atoms with E-state index in [9.17, 15) is 13.6 Å². The molecule has 3 rings (SSSR count). The van der Waals surface area contributed by atoms with Gasteiger partial charge < -0.3 is 9.94 Å². The Kier molecular flexibility index (Phi) is 5.92. The van der Waals surface area contributed by atoms with E-state index in [1.807, 2.05) is 20.8 Å². The first kappa shape index (κ1) is 21.9. The number of halogens is 1. The number of anilines is 1. The van der Waals surface area contributed by atoms with Gasteiger partial charge in [-0.1, -0.05) is 44.5 Å². The van der Waals surface area contributed by atoms with Crippen molar-refractivity contribution >= 4 is 27.3 Å². The zero-order chi connectivity index (χ0) is 22.1. The van der Waals surface area contributed by atoms with E-state index in [-0.39, 0.29) is 32.6 Å². The second-order valence-corrected chi connectivity index (χ2v) is 9.89. The van der Waals surface area contributed by atoms with Gasteiger partial charge in [-0.05, 0) is 35.2 Å². The highest BCUT2D eigenvalue weighted by atomic mass is 35.5. The number of aromatic nitrogens is 2. The van der Waals surface area contributed by atoms with Gasteiger partial charge in [-0.25, -0.2) is 13.4 Å². The van der Waals surface area contributed by atoms with Gasteiger partial charge in [0.2, 0.25) is 11.6 Å². The molecular weight excluding hydrogens is 426 g/mol. The molecule has 9 heteroatoms. The van der Waals surface area contributed by atoms with Crippen LogP contribution in [0.4, 0.5) is 5.69 Å². The summed E-state index contributed by atoms with van der Waals surface area (Å²) >= 11 is 6.02. The van der Waals surface area contributed by atoms with Gasteiger partial charge in [0.05, 0.1) is 9.92 Å². The quantitative estimate of drug-likeness (QED) is 0.456. The molecule has 3 aromatic rings. The maximum absolute atomic E-state index is 12.9. The van der Waals surface area contributed by atoms with E-state index in [4.69, 9.17) is 16.3 Å². The van der Waals surface area contributed by atoms with E-state index in [2.05, 4.69) is 9.71 Å². The fraction of sp³-hybridized carbons (Fsp3) is 0.238. The molecule has 2 heterocycles. The van der Waals surface area contributed by atoms with Gasteiger partial charge in [-0.2, -0.15) is 4.73 Å². The molecular formula is C21H22ClN3O4S. The van der Waals surface area contributed by atoms with Gasteiger partial charge >= 0.3 is 0 Å². The smallest absolute Gasteiger partial charge is 0.262 e. The molecule has 30 heavy (non-hydrogen) atoms. The highest BCUT2D eigenvalue weighted by molar-refractivity contribution is 7.92. The van der Waals surface area contributed by atoms with Gasteiger partial charge in [0.1, 0.15) is 5.69 Å². The van der Waals surface area contributed by atoms with Crippen molar-refractivity contribution in [3.05, 3.63) is 76.3 Å². The van der Waals surface area contributed by atoms with Crippen LogP contribution in [0.1, 0.15) is 32.0 Å². The average Bonchev–Trinajstić information content (AvgIpc) is 2.66. The van der Waals surface area contributed by atoms with Crippen molar-refractivity contribution in [3.8, 4) is 11.6 Å². The molecule has 158 valence electrons. The Morgan fingerprint density at radius 3 is 2.47 bits per heavy atom. The molecule has 0 fully saturated rings. The number of rotatable bonds is 5. The fourth-order valence-electron chi connectivity index (χ4n) is 2.68. The van der Waals surface area contributed by atoms with Crippen LogP contribution in [0.5, 0.6) is 11.6 Å². The van der Waals surface area contributed by atoms with Crippen LogP contribution in [-0.2, 0) is 15.4 Å². The Balaban J connectivity index is 1.94. The third-order valence-electron chi connectivity index (χ3n) is 4.46. The molecule has 1 aromatic carbocycles. The van der Waals surface area contributed by atoms with Crippen LogP contribution in [0.25, 0.3) is 0 Å². The fourth-order valence-corrected chi connectivity index (χ4v) is 3.89. The number of nitrogens with one attached hydrogen (secondary N) is 1.